The van der Waals surface area contributed by atoms with Gasteiger partial charge in [0.25, 0.3) is 0 Å². The molecule has 0 radical (unpaired) electrons. The molecule has 1 atom stereocenters. The van der Waals surface area contributed by atoms with E-state index in [1.807, 2.05) is 19.9 Å². The first kappa shape index (κ1) is 13.2. The van der Waals surface area contributed by atoms with Crippen LogP contribution in [-0.4, -0.2) is 17.1 Å². The quantitative estimate of drug-likeness (QED) is 0.815. The second-order valence-electron chi connectivity index (χ2n) is 4.21. The van der Waals surface area contributed by atoms with Gasteiger partial charge in [0.15, 0.2) is 0 Å². The van der Waals surface area contributed by atoms with E-state index in [-0.39, 0.29) is 18.5 Å². The molecule has 0 aliphatic carbocycles. The highest BCUT2D eigenvalue weighted by Gasteiger charge is 2.16. The van der Waals surface area contributed by atoms with Crippen molar-refractivity contribution in [3.63, 3.8) is 0 Å². The normalized spacial score (nSPS) is 12.1. The molecule has 4 nitrogen and oxygen atoms in total. The van der Waals surface area contributed by atoms with Gasteiger partial charge < -0.3 is 10.4 Å². The number of carbonyl (C=O) groups is 1. The van der Waals surface area contributed by atoms with Gasteiger partial charge >= 0.3 is 5.97 Å². The number of hydrogen-bond donors (Lipinski definition) is 2. The summed E-state index contributed by atoms with van der Waals surface area (Å²) in [6.45, 7) is 3.94. The van der Waals surface area contributed by atoms with E-state index in [0.29, 0.717) is 5.56 Å². The molecular weight excluding hydrogens is 216 g/mol. The lowest BCUT2D eigenvalue weighted by molar-refractivity contribution is -0.137. The molecule has 4 heteroatoms. The van der Waals surface area contributed by atoms with Crippen LogP contribution in [0.3, 0.4) is 0 Å². The van der Waals surface area contributed by atoms with Crippen molar-refractivity contribution in [2.45, 2.75) is 32.4 Å². The first-order valence-electron chi connectivity index (χ1n) is 5.51. The minimum Gasteiger partial charge on any atom is -0.481 e. The van der Waals surface area contributed by atoms with Crippen LogP contribution in [0.2, 0.25) is 0 Å². The van der Waals surface area contributed by atoms with Crippen LogP contribution in [0.15, 0.2) is 24.3 Å². The van der Waals surface area contributed by atoms with Crippen LogP contribution in [0.4, 0.5) is 0 Å². The van der Waals surface area contributed by atoms with Crippen molar-refractivity contribution in [2.24, 2.45) is 0 Å². The fourth-order valence-corrected chi connectivity index (χ4v) is 1.64. The third kappa shape index (κ3) is 4.25. The molecule has 0 saturated heterocycles. The molecule has 0 unspecified atom stereocenters. The first-order chi connectivity index (χ1) is 8.02. The molecule has 0 saturated carbocycles. The van der Waals surface area contributed by atoms with E-state index in [2.05, 4.69) is 5.32 Å². The number of carboxylic acid groups (broad SMARTS) is 1. The number of nitrogens with zero attached hydrogens (tertiary/aromatic N) is 1. The Morgan fingerprint density at radius 3 is 2.41 bits per heavy atom. The lowest BCUT2D eigenvalue weighted by atomic mass is 10.0. The molecule has 0 aliphatic heterocycles. The molecule has 1 aromatic carbocycles. The Morgan fingerprint density at radius 2 is 2.00 bits per heavy atom. The molecule has 2 N–H and O–H groups in total. The van der Waals surface area contributed by atoms with Crippen LogP contribution in [-0.2, 0) is 4.79 Å². The average molecular weight is 232 g/mol. The molecule has 1 rings (SSSR count). The highest BCUT2D eigenvalue weighted by molar-refractivity contribution is 5.68. The van der Waals surface area contributed by atoms with Crippen molar-refractivity contribution in [3.05, 3.63) is 35.4 Å². The van der Waals surface area contributed by atoms with Gasteiger partial charge in [-0.2, -0.15) is 5.26 Å². The van der Waals surface area contributed by atoms with E-state index < -0.39 is 5.97 Å². The van der Waals surface area contributed by atoms with Gasteiger partial charge in [-0.05, 0) is 17.7 Å². The monoisotopic (exact) mass is 232 g/mol. The van der Waals surface area contributed by atoms with Crippen LogP contribution < -0.4 is 5.32 Å². The van der Waals surface area contributed by atoms with Gasteiger partial charge in [-0.1, -0.05) is 26.0 Å². The van der Waals surface area contributed by atoms with E-state index in [1.54, 1.807) is 24.3 Å². The molecule has 0 heterocycles. The van der Waals surface area contributed by atoms with Crippen molar-refractivity contribution in [2.75, 3.05) is 0 Å². The number of rotatable bonds is 5. The number of hydrogen-bond acceptors (Lipinski definition) is 3. The average Bonchev–Trinajstić information content (AvgIpc) is 2.27. The zero-order valence-electron chi connectivity index (χ0n) is 9.97. The Balaban J connectivity index is 2.87. The summed E-state index contributed by atoms with van der Waals surface area (Å²) in [5.41, 5.74) is 1.47. The summed E-state index contributed by atoms with van der Waals surface area (Å²) in [7, 11) is 0. The molecule has 1 aromatic rings. The van der Waals surface area contributed by atoms with Crippen LogP contribution >= 0.6 is 0 Å². The molecular formula is C13H16N2O2. The molecule has 0 aliphatic rings. The van der Waals surface area contributed by atoms with Crippen molar-refractivity contribution < 1.29 is 9.90 Å². The zero-order valence-corrected chi connectivity index (χ0v) is 9.97. The summed E-state index contributed by atoms with van der Waals surface area (Å²) in [6.07, 6.45) is 0.0318. The van der Waals surface area contributed by atoms with Crippen LogP contribution in [0.1, 0.15) is 37.4 Å². The smallest absolute Gasteiger partial charge is 0.305 e. The standard InChI is InChI=1S/C13H16N2O2/c1-9(2)15-12(7-13(16)17)11-5-3-10(8-14)4-6-11/h3-6,9,12,15H,7H2,1-2H3,(H,16,17)/t12-/m1/s1. The molecule has 90 valence electrons. The van der Waals surface area contributed by atoms with Crippen LogP contribution in [0, 0.1) is 11.3 Å². The second kappa shape index (κ2) is 6.02. The Labute approximate surface area is 101 Å². The number of aliphatic carboxylic acids is 1. The Morgan fingerprint density at radius 1 is 1.41 bits per heavy atom. The molecule has 0 aromatic heterocycles. The zero-order chi connectivity index (χ0) is 12.8. The predicted octanol–water partition coefficient (Wildman–Crippen LogP) is 2.07. The van der Waals surface area contributed by atoms with Gasteiger partial charge in [0, 0.05) is 12.1 Å². The summed E-state index contributed by atoms with van der Waals surface area (Å²) in [6, 6.07) is 9.01. The van der Waals surface area contributed by atoms with Gasteiger partial charge in [-0.3, -0.25) is 4.79 Å². The van der Waals surface area contributed by atoms with Crippen molar-refractivity contribution in [3.8, 4) is 6.07 Å². The lowest BCUT2D eigenvalue weighted by Crippen LogP contribution is -2.29. The van der Waals surface area contributed by atoms with Gasteiger partial charge in [0.05, 0.1) is 18.1 Å². The maximum atomic E-state index is 10.8. The Bertz CT molecular complexity index is 418. The summed E-state index contributed by atoms with van der Waals surface area (Å²) < 4.78 is 0. The Hall–Kier alpha value is -1.86. The number of carboxylic acids is 1. The van der Waals surface area contributed by atoms with Gasteiger partial charge in [-0.15, -0.1) is 0 Å². The second-order valence-corrected chi connectivity index (χ2v) is 4.21. The summed E-state index contributed by atoms with van der Waals surface area (Å²) >= 11 is 0. The lowest BCUT2D eigenvalue weighted by Gasteiger charge is -2.20. The molecule has 17 heavy (non-hydrogen) atoms. The molecule has 0 fully saturated rings. The van der Waals surface area contributed by atoms with E-state index in [4.69, 9.17) is 10.4 Å². The fourth-order valence-electron chi connectivity index (χ4n) is 1.64. The summed E-state index contributed by atoms with van der Waals surface area (Å²) in [5.74, 6) is -0.840. The minimum atomic E-state index is -0.840. The van der Waals surface area contributed by atoms with Crippen molar-refractivity contribution in [1.82, 2.24) is 5.32 Å². The van der Waals surface area contributed by atoms with Crippen LogP contribution in [0.5, 0.6) is 0 Å². The minimum absolute atomic E-state index is 0.0318. The maximum Gasteiger partial charge on any atom is 0.305 e. The van der Waals surface area contributed by atoms with Gasteiger partial charge in [-0.25, -0.2) is 0 Å². The van der Waals surface area contributed by atoms with Crippen LogP contribution in [0.25, 0.3) is 0 Å². The Kier molecular flexibility index (Phi) is 4.68. The van der Waals surface area contributed by atoms with E-state index in [0.717, 1.165) is 5.56 Å². The SMILES string of the molecule is CC(C)N[C@H](CC(=O)O)c1ccc(C#N)cc1. The molecule has 0 bridgehead atoms. The number of nitriles is 1. The maximum absolute atomic E-state index is 10.8. The molecule has 0 spiro atoms. The van der Waals surface area contributed by atoms with E-state index in [1.165, 1.54) is 0 Å². The van der Waals surface area contributed by atoms with Gasteiger partial charge in [0.2, 0.25) is 0 Å². The third-order valence-electron chi connectivity index (χ3n) is 2.36. The number of benzene rings is 1. The fraction of sp³-hybridized carbons (Fsp3) is 0.385. The highest BCUT2D eigenvalue weighted by atomic mass is 16.4. The summed E-state index contributed by atoms with van der Waals surface area (Å²) in [4.78, 5) is 10.8. The van der Waals surface area contributed by atoms with Crippen molar-refractivity contribution >= 4 is 5.97 Å². The largest absolute Gasteiger partial charge is 0.481 e. The van der Waals surface area contributed by atoms with E-state index >= 15 is 0 Å². The van der Waals surface area contributed by atoms with E-state index in [9.17, 15) is 4.79 Å². The molecule has 0 amide bonds. The predicted molar refractivity (Wildman–Crippen MR) is 64.4 cm³/mol. The topological polar surface area (TPSA) is 73.1 Å². The highest BCUT2D eigenvalue weighted by Crippen LogP contribution is 2.18. The number of nitrogens with one attached hydrogen (secondary N) is 1. The van der Waals surface area contributed by atoms with Crippen molar-refractivity contribution in [1.29, 1.82) is 5.26 Å². The third-order valence-corrected chi connectivity index (χ3v) is 2.36. The summed E-state index contributed by atoms with van der Waals surface area (Å²) in [5, 5.41) is 20.8. The van der Waals surface area contributed by atoms with Gasteiger partial charge in [0.1, 0.15) is 0 Å². The first-order valence-corrected chi connectivity index (χ1v) is 5.51.